The number of halogens is 2. The van der Waals surface area contributed by atoms with E-state index in [9.17, 15) is 4.79 Å². The molecule has 3 rings (SSSR count). The van der Waals surface area contributed by atoms with E-state index >= 15 is 0 Å². The molecule has 0 atom stereocenters. The van der Waals surface area contributed by atoms with Crippen LogP contribution in [0.5, 0.6) is 0 Å². The van der Waals surface area contributed by atoms with E-state index in [0.717, 1.165) is 24.9 Å². The summed E-state index contributed by atoms with van der Waals surface area (Å²) >= 11 is 8.37. The number of rotatable bonds is 1. The number of nitrogens with zero attached hydrogens (tertiary/aromatic N) is 1. The largest absolute Gasteiger partial charge is 0.312 e. The Balaban J connectivity index is 2.25. The zero-order valence-corrected chi connectivity index (χ0v) is 12.9. The van der Waals surface area contributed by atoms with Crippen molar-refractivity contribution in [3.63, 3.8) is 0 Å². The van der Waals surface area contributed by atoms with Crippen molar-refractivity contribution in [3.05, 3.63) is 49.9 Å². The van der Waals surface area contributed by atoms with Crippen LogP contribution in [-0.4, -0.2) is 9.97 Å². The average molecular weight is 386 g/mol. The topological polar surface area (TPSA) is 45.8 Å². The Morgan fingerprint density at radius 3 is 2.50 bits per heavy atom. The van der Waals surface area contributed by atoms with Crippen LogP contribution in [0.15, 0.2) is 44.3 Å². The first-order valence-corrected chi connectivity index (χ1v) is 7.47. The summed E-state index contributed by atoms with van der Waals surface area (Å²) in [7, 11) is 0. The zero-order chi connectivity index (χ0) is 12.7. The minimum Gasteiger partial charge on any atom is -0.312 e. The summed E-state index contributed by atoms with van der Waals surface area (Å²) in [5, 5.41) is 0. The van der Waals surface area contributed by atoms with E-state index in [1.807, 2.05) is 24.3 Å². The molecule has 0 aliphatic rings. The lowest BCUT2D eigenvalue weighted by Gasteiger charge is -1.99. The number of aromatic amines is 1. The van der Waals surface area contributed by atoms with Crippen LogP contribution >= 0.6 is 43.2 Å². The molecule has 90 valence electrons. The normalized spacial score (nSPS) is 11.0. The predicted octanol–water partition coefficient (Wildman–Crippen LogP) is 4.18. The molecule has 0 fully saturated rings. The van der Waals surface area contributed by atoms with Crippen molar-refractivity contribution >= 4 is 53.4 Å². The number of H-pyrrole nitrogens is 1. The fourth-order valence-corrected chi connectivity index (χ4v) is 3.99. The highest BCUT2D eigenvalue weighted by Crippen LogP contribution is 2.33. The Labute approximate surface area is 123 Å². The second-order valence-corrected chi connectivity index (χ2v) is 6.60. The van der Waals surface area contributed by atoms with Crippen molar-refractivity contribution < 1.29 is 0 Å². The Bertz CT molecular complexity index is 774. The molecule has 3 nitrogen and oxygen atoms in total. The average Bonchev–Trinajstić information content (AvgIpc) is 2.73. The number of aromatic nitrogens is 2. The second-order valence-electron chi connectivity index (χ2n) is 3.71. The minimum atomic E-state index is -0.0923. The lowest BCUT2D eigenvalue weighted by atomic mass is 10.2. The van der Waals surface area contributed by atoms with Crippen molar-refractivity contribution in [1.29, 1.82) is 0 Å². The van der Waals surface area contributed by atoms with Crippen LogP contribution in [0.3, 0.4) is 0 Å². The highest BCUT2D eigenvalue weighted by atomic mass is 79.9. The van der Waals surface area contributed by atoms with Crippen molar-refractivity contribution in [2.24, 2.45) is 0 Å². The zero-order valence-electron chi connectivity index (χ0n) is 8.91. The molecule has 0 unspecified atom stereocenters. The summed E-state index contributed by atoms with van der Waals surface area (Å²) in [5.74, 6) is 0. The second kappa shape index (κ2) is 4.60. The maximum absolute atomic E-state index is 11.7. The van der Waals surface area contributed by atoms with Gasteiger partial charge >= 0.3 is 0 Å². The maximum atomic E-state index is 11.7. The fraction of sp³-hybridized carbons (Fsp3) is 0. The number of thiophene rings is 1. The summed E-state index contributed by atoms with van der Waals surface area (Å²) in [6.07, 6.45) is 1.43. The molecule has 0 spiro atoms. The number of hydrogen-bond donors (Lipinski definition) is 1. The first kappa shape index (κ1) is 12.1. The van der Waals surface area contributed by atoms with Crippen LogP contribution in [-0.2, 0) is 0 Å². The Kier molecular flexibility index (Phi) is 3.09. The van der Waals surface area contributed by atoms with Gasteiger partial charge in [0.1, 0.15) is 4.70 Å². The van der Waals surface area contributed by atoms with E-state index < -0.39 is 0 Å². The van der Waals surface area contributed by atoms with Gasteiger partial charge < -0.3 is 4.98 Å². The van der Waals surface area contributed by atoms with Gasteiger partial charge in [0, 0.05) is 13.8 Å². The van der Waals surface area contributed by atoms with E-state index in [2.05, 4.69) is 41.8 Å². The van der Waals surface area contributed by atoms with Crippen LogP contribution in [0, 0.1) is 0 Å². The smallest absolute Gasteiger partial charge is 0.268 e. The van der Waals surface area contributed by atoms with Gasteiger partial charge in [-0.1, -0.05) is 31.9 Å². The number of fused-ring (bicyclic) bond motifs is 1. The molecule has 18 heavy (non-hydrogen) atoms. The third-order valence-corrected chi connectivity index (χ3v) is 4.55. The Morgan fingerprint density at radius 1 is 1.11 bits per heavy atom. The molecular formula is C12H6Br2N2OS. The van der Waals surface area contributed by atoms with E-state index in [1.165, 1.54) is 17.7 Å². The fourth-order valence-electron chi connectivity index (χ4n) is 1.70. The molecule has 0 amide bonds. The van der Waals surface area contributed by atoms with Crippen LogP contribution in [0.1, 0.15) is 0 Å². The van der Waals surface area contributed by atoms with Gasteiger partial charge in [0.25, 0.3) is 5.56 Å². The highest BCUT2D eigenvalue weighted by molar-refractivity contribution is 9.11. The molecule has 0 saturated heterocycles. The van der Waals surface area contributed by atoms with Crippen molar-refractivity contribution in [1.82, 2.24) is 9.97 Å². The van der Waals surface area contributed by atoms with E-state index in [4.69, 9.17) is 0 Å². The lowest BCUT2D eigenvalue weighted by molar-refractivity contribution is 1.18. The maximum Gasteiger partial charge on any atom is 0.268 e. The van der Waals surface area contributed by atoms with Gasteiger partial charge in [0.15, 0.2) is 0 Å². The standard InChI is InChI=1S/C12H6Br2N2OS/c13-7-1-6(2-8(14)3-7)10-4-9-11(18-10)12(17)16-5-15-9/h1-5H,(H,15,16,17). The molecule has 0 saturated carbocycles. The minimum absolute atomic E-state index is 0.0923. The molecule has 1 aromatic carbocycles. The monoisotopic (exact) mass is 384 g/mol. The summed E-state index contributed by atoms with van der Waals surface area (Å²) in [6.45, 7) is 0. The summed E-state index contributed by atoms with van der Waals surface area (Å²) in [6, 6.07) is 7.94. The number of benzene rings is 1. The van der Waals surface area contributed by atoms with Gasteiger partial charge in [-0.05, 0) is 29.8 Å². The van der Waals surface area contributed by atoms with E-state index in [-0.39, 0.29) is 5.56 Å². The predicted molar refractivity (Wildman–Crippen MR) is 81.1 cm³/mol. The highest BCUT2D eigenvalue weighted by Gasteiger charge is 2.09. The Hall–Kier alpha value is -0.980. The molecule has 6 heteroatoms. The summed E-state index contributed by atoms with van der Waals surface area (Å²) in [5.41, 5.74) is 1.69. The van der Waals surface area contributed by atoms with Gasteiger partial charge in [-0.2, -0.15) is 0 Å². The van der Waals surface area contributed by atoms with Crippen LogP contribution in [0.4, 0.5) is 0 Å². The van der Waals surface area contributed by atoms with Crippen LogP contribution in [0.2, 0.25) is 0 Å². The molecule has 0 bridgehead atoms. The molecule has 0 aliphatic carbocycles. The third kappa shape index (κ3) is 2.15. The van der Waals surface area contributed by atoms with Crippen molar-refractivity contribution in [2.75, 3.05) is 0 Å². The quantitative estimate of drug-likeness (QED) is 0.683. The van der Waals surface area contributed by atoms with Crippen LogP contribution in [0.25, 0.3) is 20.7 Å². The number of nitrogens with one attached hydrogen (secondary N) is 1. The van der Waals surface area contributed by atoms with E-state index in [1.54, 1.807) is 0 Å². The molecule has 2 aromatic heterocycles. The van der Waals surface area contributed by atoms with Crippen LogP contribution < -0.4 is 5.56 Å². The van der Waals surface area contributed by atoms with Gasteiger partial charge in [0.05, 0.1) is 11.8 Å². The van der Waals surface area contributed by atoms with Crippen molar-refractivity contribution in [2.45, 2.75) is 0 Å². The Morgan fingerprint density at radius 2 is 1.83 bits per heavy atom. The first-order valence-electron chi connectivity index (χ1n) is 5.07. The summed E-state index contributed by atoms with van der Waals surface area (Å²) in [4.78, 5) is 19.4. The third-order valence-electron chi connectivity index (χ3n) is 2.47. The molecule has 0 aliphatic heterocycles. The van der Waals surface area contributed by atoms with E-state index in [0.29, 0.717) is 4.70 Å². The SMILES string of the molecule is O=c1[nH]cnc2cc(-c3cc(Br)cc(Br)c3)sc12. The molecule has 0 radical (unpaired) electrons. The van der Waals surface area contributed by atoms with Crippen molar-refractivity contribution in [3.8, 4) is 10.4 Å². The summed E-state index contributed by atoms with van der Waals surface area (Å²) < 4.78 is 2.64. The van der Waals surface area contributed by atoms with Gasteiger partial charge in [0.2, 0.25) is 0 Å². The first-order chi connectivity index (χ1) is 8.63. The molecule has 1 N–H and O–H groups in total. The molecule has 3 aromatic rings. The number of hydrogen-bond acceptors (Lipinski definition) is 3. The molecule has 2 heterocycles. The molecular weight excluding hydrogens is 380 g/mol. The van der Waals surface area contributed by atoms with Gasteiger partial charge in [-0.15, -0.1) is 11.3 Å². The lowest BCUT2D eigenvalue weighted by Crippen LogP contribution is -2.02. The van der Waals surface area contributed by atoms with Gasteiger partial charge in [-0.3, -0.25) is 4.79 Å². The van der Waals surface area contributed by atoms with Gasteiger partial charge in [-0.25, -0.2) is 4.98 Å².